The van der Waals surface area contributed by atoms with Gasteiger partial charge >= 0.3 is 0 Å². The number of unbranched alkanes of at least 4 members (excludes halogenated alkanes) is 5. The van der Waals surface area contributed by atoms with Gasteiger partial charge in [0.15, 0.2) is 3.95 Å². The number of carbonyl (C=O) groups excluding carboxylic acids is 1. The number of aromatic amines is 1. The summed E-state index contributed by atoms with van der Waals surface area (Å²) in [7, 11) is 0. The Morgan fingerprint density at radius 3 is 2.81 bits per heavy atom. The fraction of sp³-hybridized carbons (Fsp3) is 0.500. The van der Waals surface area contributed by atoms with Gasteiger partial charge in [-0.15, -0.1) is 11.3 Å². The monoisotopic (exact) mass is 322 g/mol. The molecule has 0 aliphatic rings. The first-order chi connectivity index (χ1) is 10.2. The van der Waals surface area contributed by atoms with Crippen molar-refractivity contribution in [2.75, 3.05) is 5.32 Å². The Balaban J connectivity index is 1.77. The van der Waals surface area contributed by atoms with Crippen LogP contribution in [0, 0.1) is 3.95 Å². The molecule has 1 aromatic heterocycles. The lowest BCUT2D eigenvalue weighted by Crippen LogP contribution is -2.10. The van der Waals surface area contributed by atoms with Crippen molar-refractivity contribution >= 4 is 45.4 Å². The number of rotatable bonds is 8. The molecule has 3 nitrogen and oxygen atoms in total. The molecule has 0 spiro atoms. The van der Waals surface area contributed by atoms with Gasteiger partial charge in [-0.3, -0.25) is 4.79 Å². The summed E-state index contributed by atoms with van der Waals surface area (Å²) in [6.45, 7) is 2.21. The number of fused-ring (bicyclic) bond motifs is 1. The van der Waals surface area contributed by atoms with E-state index >= 15 is 0 Å². The van der Waals surface area contributed by atoms with Gasteiger partial charge in [-0.1, -0.05) is 39.0 Å². The average molecular weight is 322 g/mol. The molecule has 5 heteroatoms. The van der Waals surface area contributed by atoms with Crippen LogP contribution < -0.4 is 5.32 Å². The van der Waals surface area contributed by atoms with E-state index in [1.807, 2.05) is 18.2 Å². The third-order valence-electron chi connectivity index (χ3n) is 3.46. The number of benzene rings is 1. The molecular weight excluding hydrogens is 300 g/mol. The van der Waals surface area contributed by atoms with Crippen molar-refractivity contribution in [2.24, 2.45) is 0 Å². The third kappa shape index (κ3) is 5.25. The quantitative estimate of drug-likeness (QED) is 0.487. The number of anilines is 1. The maximum absolute atomic E-state index is 11.9. The molecule has 0 saturated carbocycles. The van der Waals surface area contributed by atoms with Crippen LogP contribution in [0.4, 0.5) is 5.69 Å². The van der Waals surface area contributed by atoms with Crippen molar-refractivity contribution in [3.05, 3.63) is 22.2 Å². The number of hydrogen-bond donors (Lipinski definition) is 2. The van der Waals surface area contributed by atoms with Crippen molar-refractivity contribution in [3.8, 4) is 0 Å². The summed E-state index contributed by atoms with van der Waals surface area (Å²) >= 11 is 6.65. The summed E-state index contributed by atoms with van der Waals surface area (Å²) < 4.78 is 1.85. The highest BCUT2D eigenvalue weighted by atomic mass is 32.1. The van der Waals surface area contributed by atoms with Gasteiger partial charge in [-0.25, -0.2) is 0 Å². The number of H-pyrrole nitrogens is 1. The van der Waals surface area contributed by atoms with E-state index in [4.69, 9.17) is 12.2 Å². The summed E-state index contributed by atoms with van der Waals surface area (Å²) in [6.07, 6.45) is 7.80. The fourth-order valence-corrected chi connectivity index (χ4v) is 3.47. The van der Waals surface area contributed by atoms with Crippen LogP contribution in [0.5, 0.6) is 0 Å². The number of thiazole rings is 1. The highest BCUT2D eigenvalue weighted by molar-refractivity contribution is 7.73. The SMILES string of the molecule is CCCCCCCCC(=O)Nc1ccc2[nH]c(=S)sc2c1. The summed E-state index contributed by atoms with van der Waals surface area (Å²) in [5.74, 6) is 0.101. The molecule has 1 heterocycles. The zero-order valence-corrected chi connectivity index (χ0v) is 14.0. The van der Waals surface area contributed by atoms with Crippen LogP contribution in [0.25, 0.3) is 10.2 Å². The highest BCUT2D eigenvalue weighted by Crippen LogP contribution is 2.23. The third-order valence-corrected chi connectivity index (χ3v) is 4.66. The Bertz CT molecular complexity index is 645. The van der Waals surface area contributed by atoms with E-state index in [2.05, 4.69) is 17.2 Å². The highest BCUT2D eigenvalue weighted by Gasteiger charge is 2.04. The second-order valence-electron chi connectivity index (χ2n) is 5.29. The Kier molecular flexibility index (Phi) is 6.39. The Hall–Kier alpha value is -1.20. The van der Waals surface area contributed by atoms with Crippen molar-refractivity contribution in [3.63, 3.8) is 0 Å². The smallest absolute Gasteiger partial charge is 0.224 e. The molecular formula is C16H22N2OS2. The summed E-state index contributed by atoms with van der Waals surface area (Å²) in [6, 6.07) is 5.85. The minimum absolute atomic E-state index is 0.101. The first-order valence-corrected chi connectivity index (χ1v) is 8.84. The number of amides is 1. The fourth-order valence-electron chi connectivity index (χ4n) is 2.31. The van der Waals surface area contributed by atoms with Gasteiger partial charge in [0.05, 0.1) is 10.2 Å². The van der Waals surface area contributed by atoms with Gasteiger partial charge in [0.25, 0.3) is 0 Å². The molecule has 0 fully saturated rings. The van der Waals surface area contributed by atoms with Crippen LogP contribution in [-0.2, 0) is 4.79 Å². The van der Waals surface area contributed by atoms with Gasteiger partial charge in [0.1, 0.15) is 0 Å². The van der Waals surface area contributed by atoms with Crippen LogP contribution in [0.1, 0.15) is 51.9 Å². The lowest BCUT2D eigenvalue weighted by molar-refractivity contribution is -0.116. The number of hydrogen-bond acceptors (Lipinski definition) is 3. The van der Waals surface area contributed by atoms with Gasteiger partial charge in [-0.05, 0) is 36.8 Å². The van der Waals surface area contributed by atoms with E-state index in [1.165, 1.54) is 37.0 Å². The second kappa shape index (κ2) is 8.29. The lowest BCUT2D eigenvalue weighted by atomic mass is 10.1. The lowest BCUT2D eigenvalue weighted by Gasteiger charge is -2.05. The molecule has 1 amide bonds. The minimum atomic E-state index is 0.101. The largest absolute Gasteiger partial charge is 0.337 e. The Labute approximate surface area is 134 Å². The predicted octanol–water partition coefficient (Wildman–Crippen LogP) is 5.65. The molecule has 0 aliphatic heterocycles. The molecule has 0 aliphatic carbocycles. The van der Waals surface area contributed by atoms with Crippen molar-refractivity contribution in [1.29, 1.82) is 0 Å². The van der Waals surface area contributed by atoms with E-state index in [1.54, 1.807) is 0 Å². The first kappa shape index (κ1) is 16.2. The van der Waals surface area contributed by atoms with E-state index in [0.717, 1.165) is 32.7 Å². The van der Waals surface area contributed by atoms with Crippen LogP contribution in [0.3, 0.4) is 0 Å². The van der Waals surface area contributed by atoms with Crippen molar-refractivity contribution in [1.82, 2.24) is 4.98 Å². The molecule has 0 radical (unpaired) electrons. The second-order valence-corrected chi connectivity index (χ2v) is 7.01. The maximum Gasteiger partial charge on any atom is 0.224 e. The number of nitrogens with one attached hydrogen (secondary N) is 2. The van der Waals surface area contributed by atoms with Gasteiger partial charge in [0, 0.05) is 12.1 Å². The normalized spacial score (nSPS) is 10.9. The van der Waals surface area contributed by atoms with Crippen LogP contribution >= 0.6 is 23.6 Å². The van der Waals surface area contributed by atoms with Gasteiger partial charge < -0.3 is 10.3 Å². The van der Waals surface area contributed by atoms with Crippen LogP contribution in [0.2, 0.25) is 0 Å². The molecule has 2 N–H and O–H groups in total. The summed E-state index contributed by atoms with van der Waals surface area (Å²) in [5.41, 5.74) is 1.88. The molecule has 1 aromatic carbocycles. The molecule has 2 rings (SSSR count). The topological polar surface area (TPSA) is 44.9 Å². The molecule has 0 atom stereocenters. The van der Waals surface area contributed by atoms with Crippen LogP contribution in [0.15, 0.2) is 18.2 Å². The zero-order valence-electron chi connectivity index (χ0n) is 12.4. The van der Waals surface area contributed by atoms with Crippen molar-refractivity contribution < 1.29 is 4.79 Å². The molecule has 0 saturated heterocycles. The van der Waals surface area contributed by atoms with E-state index < -0.39 is 0 Å². The standard InChI is InChI=1S/C16H22N2OS2/c1-2-3-4-5-6-7-8-15(19)17-12-9-10-13-14(11-12)21-16(20)18-13/h9-11H,2-8H2,1H3,(H,17,19)(H,18,20). The number of carbonyl (C=O) groups is 1. The molecule has 21 heavy (non-hydrogen) atoms. The molecule has 0 unspecified atom stereocenters. The molecule has 114 valence electrons. The summed E-state index contributed by atoms with van der Waals surface area (Å²) in [5, 5.41) is 2.97. The van der Waals surface area contributed by atoms with Gasteiger partial charge in [-0.2, -0.15) is 0 Å². The van der Waals surface area contributed by atoms with Crippen LogP contribution in [-0.4, -0.2) is 10.9 Å². The first-order valence-electron chi connectivity index (χ1n) is 7.62. The minimum Gasteiger partial charge on any atom is -0.337 e. The number of aromatic nitrogens is 1. The predicted molar refractivity (Wildman–Crippen MR) is 93.6 cm³/mol. The molecule has 0 bridgehead atoms. The van der Waals surface area contributed by atoms with E-state index in [0.29, 0.717) is 6.42 Å². The van der Waals surface area contributed by atoms with Gasteiger partial charge in [0.2, 0.25) is 5.91 Å². The summed E-state index contributed by atoms with van der Waals surface area (Å²) in [4.78, 5) is 15.0. The maximum atomic E-state index is 11.9. The van der Waals surface area contributed by atoms with E-state index in [9.17, 15) is 4.79 Å². The van der Waals surface area contributed by atoms with Crippen molar-refractivity contribution in [2.45, 2.75) is 51.9 Å². The Morgan fingerprint density at radius 1 is 1.24 bits per heavy atom. The zero-order chi connectivity index (χ0) is 15.1. The van der Waals surface area contributed by atoms with E-state index in [-0.39, 0.29) is 5.91 Å². The Morgan fingerprint density at radius 2 is 2.00 bits per heavy atom. The average Bonchev–Trinajstić information content (AvgIpc) is 2.82. The molecule has 2 aromatic rings.